The molecule has 0 saturated carbocycles. The molecule has 1 unspecified atom stereocenters. The predicted octanol–water partition coefficient (Wildman–Crippen LogP) is 3.80. The number of nitrogens with zero attached hydrogens (tertiary/aromatic N) is 4. The Morgan fingerprint density at radius 1 is 1.29 bits per heavy atom. The van der Waals surface area contributed by atoms with Crippen LogP contribution in [0, 0.1) is 0 Å². The summed E-state index contributed by atoms with van der Waals surface area (Å²) in [6, 6.07) is 14.1. The van der Waals surface area contributed by atoms with Crippen molar-refractivity contribution < 1.29 is 4.74 Å². The van der Waals surface area contributed by atoms with E-state index in [1.165, 1.54) is 0 Å². The fraction of sp³-hybridized carbons (Fsp3) is 0.364. The Hall–Kier alpha value is -2.20. The molecule has 0 amide bonds. The van der Waals surface area contributed by atoms with Crippen molar-refractivity contribution in [3.63, 3.8) is 0 Å². The summed E-state index contributed by atoms with van der Waals surface area (Å²) < 4.78 is 7.62. The quantitative estimate of drug-likeness (QED) is 0.285. The number of hydrogen-bond donors (Lipinski definition) is 2. The van der Waals surface area contributed by atoms with Gasteiger partial charge in [-0.3, -0.25) is 4.99 Å². The van der Waals surface area contributed by atoms with Gasteiger partial charge in [0, 0.05) is 38.2 Å². The van der Waals surface area contributed by atoms with E-state index in [0.29, 0.717) is 11.6 Å². The third-order valence-corrected chi connectivity index (χ3v) is 5.76. The number of hydrogen-bond acceptors (Lipinski definition) is 4. The van der Waals surface area contributed by atoms with Gasteiger partial charge in [-0.25, -0.2) is 4.98 Å². The molecule has 1 aliphatic heterocycles. The number of para-hydroxylation sites is 2. The second-order valence-electron chi connectivity index (χ2n) is 7.39. The van der Waals surface area contributed by atoms with Crippen LogP contribution in [0.25, 0.3) is 11.0 Å². The number of rotatable bonds is 5. The Morgan fingerprint density at radius 3 is 2.84 bits per heavy atom. The second-order valence-corrected chi connectivity index (χ2v) is 7.83. The molecule has 9 heteroatoms. The van der Waals surface area contributed by atoms with Gasteiger partial charge < -0.3 is 24.8 Å². The summed E-state index contributed by atoms with van der Waals surface area (Å²) in [6.45, 7) is 2.38. The highest BCUT2D eigenvalue weighted by Crippen LogP contribution is 2.33. The molecule has 1 aromatic heterocycles. The Kier molecular flexibility index (Phi) is 7.88. The van der Waals surface area contributed by atoms with Gasteiger partial charge >= 0.3 is 0 Å². The number of ether oxygens (including phenoxy) is 1. The number of nitrogens with one attached hydrogen (secondary N) is 2. The van der Waals surface area contributed by atoms with Crippen molar-refractivity contribution in [2.75, 3.05) is 32.1 Å². The summed E-state index contributed by atoms with van der Waals surface area (Å²) in [6.07, 6.45) is 1.00. The predicted molar refractivity (Wildman–Crippen MR) is 138 cm³/mol. The number of fused-ring (bicyclic) bond motifs is 1. The van der Waals surface area contributed by atoms with Crippen LogP contribution in [0.15, 0.2) is 47.5 Å². The SMILES string of the molecule is CN=C(NCc1nc2ccccc2n1C)NC1CCN(c2cc(Cl)ccc2OC)C1.I. The van der Waals surface area contributed by atoms with E-state index < -0.39 is 0 Å². The molecule has 2 N–H and O–H groups in total. The first-order valence-corrected chi connectivity index (χ1v) is 10.4. The number of anilines is 1. The molecule has 31 heavy (non-hydrogen) atoms. The van der Waals surface area contributed by atoms with Crippen molar-refractivity contribution in [2.24, 2.45) is 12.0 Å². The van der Waals surface area contributed by atoms with Gasteiger partial charge in [0.25, 0.3) is 0 Å². The molecule has 0 spiro atoms. The molecule has 2 heterocycles. The van der Waals surface area contributed by atoms with Crippen molar-refractivity contribution in [3.05, 3.63) is 53.3 Å². The van der Waals surface area contributed by atoms with Crippen LogP contribution in [0.5, 0.6) is 5.75 Å². The molecule has 1 aliphatic rings. The molecule has 0 aliphatic carbocycles. The highest BCUT2D eigenvalue weighted by Gasteiger charge is 2.25. The summed E-state index contributed by atoms with van der Waals surface area (Å²) in [5.74, 6) is 2.58. The molecule has 166 valence electrons. The van der Waals surface area contributed by atoms with Crippen LogP contribution in [0.4, 0.5) is 5.69 Å². The highest BCUT2D eigenvalue weighted by molar-refractivity contribution is 14.0. The normalized spacial score (nSPS) is 16.3. The summed E-state index contributed by atoms with van der Waals surface area (Å²) in [4.78, 5) is 11.4. The van der Waals surface area contributed by atoms with Crippen LogP contribution < -0.4 is 20.3 Å². The minimum Gasteiger partial charge on any atom is -0.495 e. The lowest BCUT2D eigenvalue weighted by molar-refractivity contribution is 0.415. The average Bonchev–Trinajstić information content (AvgIpc) is 3.36. The molecule has 0 radical (unpaired) electrons. The third kappa shape index (κ3) is 5.17. The van der Waals surface area contributed by atoms with Gasteiger partial charge in [0.15, 0.2) is 5.96 Å². The number of imidazole rings is 1. The van der Waals surface area contributed by atoms with Gasteiger partial charge in [0.1, 0.15) is 11.6 Å². The van der Waals surface area contributed by atoms with Crippen LogP contribution in [0.3, 0.4) is 0 Å². The second kappa shape index (κ2) is 10.4. The number of halogens is 2. The van der Waals surface area contributed by atoms with E-state index in [2.05, 4.69) is 31.2 Å². The first-order valence-electron chi connectivity index (χ1n) is 10.0. The molecule has 1 atom stereocenters. The molecular weight excluding hydrogens is 527 g/mol. The zero-order valence-corrected chi connectivity index (χ0v) is 21.0. The van der Waals surface area contributed by atoms with Crippen molar-refractivity contribution >= 4 is 58.3 Å². The highest BCUT2D eigenvalue weighted by atomic mass is 127. The van der Waals surface area contributed by atoms with E-state index in [1.54, 1.807) is 14.2 Å². The lowest BCUT2D eigenvalue weighted by Crippen LogP contribution is -2.44. The molecule has 1 fully saturated rings. The van der Waals surface area contributed by atoms with Crippen molar-refractivity contribution in [2.45, 2.75) is 19.0 Å². The summed E-state index contributed by atoms with van der Waals surface area (Å²) in [7, 11) is 5.51. The van der Waals surface area contributed by atoms with E-state index in [0.717, 1.165) is 53.8 Å². The van der Waals surface area contributed by atoms with Gasteiger partial charge in [-0.05, 0) is 36.8 Å². The summed E-state index contributed by atoms with van der Waals surface area (Å²) in [5.41, 5.74) is 3.15. The standard InChI is InChI=1S/C22H27ClN6O.HI/c1-24-22(25-13-21-27-17-6-4-5-7-18(17)28(21)2)26-16-10-11-29(14-16)19-12-15(23)8-9-20(19)30-3;/h4-9,12,16H,10-11,13-14H2,1-3H3,(H2,24,25,26);1H. The van der Waals surface area contributed by atoms with Gasteiger partial charge in [-0.15, -0.1) is 24.0 Å². The van der Waals surface area contributed by atoms with Crippen LogP contribution >= 0.6 is 35.6 Å². The lowest BCUT2D eigenvalue weighted by Gasteiger charge is -2.22. The first-order chi connectivity index (χ1) is 14.6. The van der Waals surface area contributed by atoms with Crippen molar-refractivity contribution in [1.82, 2.24) is 20.2 Å². The van der Waals surface area contributed by atoms with Crippen molar-refractivity contribution in [3.8, 4) is 5.75 Å². The number of methoxy groups -OCH3 is 1. The maximum absolute atomic E-state index is 6.20. The molecule has 7 nitrogen and oxygen atoms in total. The van der Waals surface area contributed by atoms with Gasteiger partial charge in [0.2, 0.25) is 0 Å². The summed E-state index contributed by atoms with van der Waals surface area (Å²) >= 11 is 6.20. The minimum atomic E-state index is 0. The maximum Gasteiger partial charge on any atom is 0.191 e. The monoisotopic (exact) mass is 554 g/mol. The van der Waals surface area contributed by atoms with Crippen LogP contribution in [-0.4, -0.2) is 48.8 Å². The molecular formula is C22H28ClIN6O. The number of aliphatic imine (C=N–C) groups is 1. The molecule has 1 saturated heterocycles. The average molecular weight is 555 g/mol. The zero-order valence-electron chi connectivity index (χ0n) is 17.9. The number of aromatic nitrogens is 2. The van der Waals surface area contributed by atoms with Crippen molar-refractivity contribution in [1.29, 1.82) is 0 Å². The molecule has 2 aromatic carbocycles. The number of benzene rings is 2. The van der Waals surface area contributed by atoms with Gasteiger partial charge in [-0.2, -0.15) is 0 Å². The topological polar surface area (TPSA) is 66.7 Å². The Morgan fingerprint density at radius 2 is 2.10 bits per heavy atom. The van der Waals surface area contributed by atoms with E-state index in [1.807, 2.05) is 43.4 Å². The van der Waals surface area contributed by atoms with Crippen LogP contribution in [-0.2, 0) is 13.6 Å². The molecule has 3 aromatic rings. The lowest BCUT2D eigenvalue weighted by atomic mass is 10.2. The van der Waals surface area contributed by atoms with E-state index in [-0.39, 0.29) is 30.0 Å². The van der Waals surface area contributed by atoms with E-state index >= 15 is 0 Å². The van der Waals surface area contributed by atoms with Crippen LogP contribution in [0.1, 0.15) is 12.2 Å². The van der Waals surface area contributed by atoms with Gasteiger partial charge in [0.05, 0.1) is 30.4 Å². The fourth-order valence-electron chi connectivity index (χ4n) is 3.91. The molecule has 4 rings (SSSR count). The molecule has 0 bridgehead atoms. The third-order valence-electron chi connectivity index (χ3n) is 5.53. The van der Waals surface area contributed by atoms with Gasteiger partial charge in [-0.1, -0.05) is 23.7 Å². The zero-order chi connectivity index (χ0) is 21.1. The smallest absolute Gasteiger partial charge is 0.191 e. The van der Waals surface area contributed by atoms with E-state index in [4.69, 9.17) is 21.3 Å². The number of aryl methyl sites for hydroxylation is 1. The van der Waals surface area contributed by atoms with Crippen LogP contribution in [0.2, 0.25) is 5.02 Å². The summed E-state index contributed by atoms with van der Waals surface area (Å²) in [5, 5.41) is 7.63. The number of guanidine groups is 1. The minimum absolute atomic E-state index is 0. The largest absolute Gasteiger partial charge is 0.495 e. The Labute approximate surface area is 204 Å². The van der Waals surface area contributed by atoms with E-state index in [9.17, 15) is 0 Å². The Balaban J connectivity index is 0.00000272. The first kappa shape index (κ1) is 23.5. The fourth-order valence-corrected chi connectivity index (χ4v) is 4.08. The maximum atomic E-state index is 6.20. The Bertz CT molecular complexity index is 1070.